The van der Waals surface area contributed by atoms with Gasteiger partial charge in [-0.15, -0.1) is 0 Å². The standard InChI is InChI=1S/C17H21N3O2/c1-20(2)16-7-5-4-6-15(16)19-17(21)18-12-13-8-10-14(22-3)11-9-13/h4-11H,12H2,1-3H3,(H2,18,19,21). The Kier molecular flexibility index (Phi) is 5.25. The molecular weight excluding hydrogens is 278 g/mol. The van der Waals surface area contributed by atoms with Crippen LogP contribution in [0.5, 0.6) is 5.75 Å². The molecular formula is C17H21N3O2. The van der Waals surface area contributed by atoms with Crippen molar-refractivity contribution >= 4 is 17.4 Å². The molecule has 0 aliphatic rings. The molecule has 5 heteroatoms. The molecule has 0 saturated heterocycles. The highest BCUT2D eigenvalue weighted by atomic mass is 16.5. The number of urea groups is 1. The van der Waals surface area contributed by atoms with Crippen LogP contribution in [0.3, 0.4) is 0 Å². The second kappa shape index (κ2) is 7.36. The summed E-state index contributed by atoms with van der Waals surface area (Å²) in [6, 6.07) is 15.0. The summed E-state index contributed by atoms with van der Waals surface area (Å²) in [5.74, 6) is 0.799. The summed E-state index contributed by atoms with van der Waals surface area (Å²) in [7, 11) is 5.51. The number of ether oxygens (including phenoxy) is 1. The average Bonchev–Trinajstić information content (AvgIpc) is 2.53. The first-order valence-corrected chi connectivity index (χ1v) is 7.04. The van der Waals surface area contributed by atoms with Gasteiger partial charge >= 0.3 is 6.03 Å². The first-order chi connectivity index (χ1) is 10.6. The van der Waals surface area contributed by atoms with Gasteiger partial charge in [0.2, 0.25) is 0 Å². The topological polar surface area (TPSA) is 53.6 Å². The average molecular weight is 299 g/mol. The molecule has 0 saturated carbocycles. The van der Waals surface area contributed by atoms with Crippen LogP contribution < -0.4 is 20.3 Å². The van der Waals surface area contributed by atoms with Crippen molar-refractivity contribution < 1.29 is 9.53 Å². The number of nitrogens with one attached hydrogen (secondary N) is 2. The molecule has 2 N–H and O–H groups in total. The summed E-state index contributed by atoms with van der Waals surface area (Å²) < 4.78 is 5.11. The fourth-order valence-corrected chi connectivity index (χ4v) is 2.06. The summed E-state index contributed by atoms with van der Waals surface area (Å²) >= 11 is 0. The normalized spacial score (nSPS) is 9.95. The Labute approximate surface area is 130 Å². The lowest BCUT2D eigenvalue weighted by Gasteiger charge is -2.18. The van der Waals surface area contributed by atoms with E-state index >= 15 is 0 Å². The summed E-state index contributed by atoms with van der Waals surface area (Å²) in [4.78, 5) is 14.0. The highest BCUT2D eigenvalue weighted by molar-refractivity contribution is 5.93. The monoisotopic (exact) mass is 299 g/mol. The van der Waals surface area contributed by atoms with Gasteiger partial charge in [0.05, 0.1) is 18.5 Å². The molecule has 5 nitrogen and oxygen atoms in total. The lowest BCUT2D eigenvalue weighted by Crippen LogP contribution is -2.28. The van der Waals surface area contributed by atoms with Crippen LogP contribution in [-0.2, 0) is 6.54 Å². The number of hydrogen-bond donors (Lipinski definition) is 2. The van der Waals surface area contributed by atoms with Crippen molar-refractivity contribution in [2.24, 2.45) is 0 Å². The molecule has 0 atom stereocenters. The number of carbonyl (C=O) groups excluding carboxylic acids is 1. The van der Waals surface area contributed by atoms with Crippen LogP contribution in [0.4, 0.5) is 16.2 Å². The second-order valence-corrected chi connectivity index (χ2v) is 5.07. The third-order valence-corrected chi connectivity index (χ3v) is 3.25. The van der Waals surface area contributed by atoms with E-state index in [0.717, 1.165) is 22.7 Å². The highest BCUT2D eigenvalue weighted by Gasteiger charge is 2.07. The third-order valence-electron chi connectivity index (χ3n) is 3.25. The highest BCUT2D eigenvalue weighted by Crippen LogP contribution is 2.23. The molecule has 0 radical (unpaired) electrons. The first-order valence-electron chi connectivity index (χ1n) is 7.04. The smallest absolute Gasteiger partial charge is 0.319 e. The minimum atomic E-state index is -0.231. The van der Waals surface area contributed by atoms with E-state index in [9.17, 15) is 4.79 Å². The van der Waals surface area contributed by atoms with Crippen molar-refractivity contribution in [3.05, 3.63) is 54.1 Å². The summed E-state index contributed by atoms with van der Waals surface area (Å²) in [5, 5.41) is 5.71. The zero-order valence-corrected chi connectivity index (χ0v) is 13.1. The number of benzene rings is 2. The van der Waals surface area contributed by atoms with Crippen LogP contribution in [0.1, 0.15) is 5.56 Å². The first kappa shape index (κ1) is 15.7. The number of methoxy groups -OCH3 is 1. The minimum Gasteiger partial charge on any atom is -0.497 e. The molecule has 2 amide bonds. The number of rotatable bonds is 5. The van der Waals surface area contributed by atoms with Gasteiger partial charge in [-0.3, -0.25) is 0 Å². The molecule has 2 aromatic rings. The minimum absolute atomic E-state index is 0.231. The van der Waals surface area contributed by atoms with Gasteiger partial charge in [-0.1, -0.05) is 24.3 Å². The Morgan fingerprint density at radius 3 is 2.41 bits per heavy atom. The molecule has 0 heterocycles. The summed E-state index contributed by atoms with van der Waals surface area (Å²) in [6.07, 6.45) is 0. The molecule has 0 spiro atoms. The zero-order valence-electron chi connectivity index (χ0n) is 13.1. The number of anilines is 2. The van der Waals surface area contributed by atoms with Gasteiger partial charge in [0.15, 0.2) is 0 Å². The van der Waals surface area contributed by atoms with E-state index in [4.69, 9.17) is 4.74 Å². The number of amides is 2. The fourth-order valence-electron chi connectivity index (χ4n) is 2.06. The maximum Gasteiger partial charge on any atom is 0.319 e. The van der Waals surface area contributed by atoms with Crippen LogP contribution in [0, 0.1) is 0 Å². The van der Waals surface area contributed by atoms with Gasteiger partial charge in [0.25, 0.3) is 0 Å². The molecule has 0 unspecified atom stereocenters. The SMILES string of the molecule is COc1ccc(CNC(=O)Nc2ccccc2N(C)C)cc1. The number of para-hydroxylation sites is 2. The molecule has 0 fully saturated rings. The van der Waals surface area contributed by atoms with Gasteiger partial charge in [-0.2, -0.15) is 0 Å². The Morgan fingerprint density at radius 2 is 1.77 bits per heavy atom. The molecule has 0 aliphatic carbocycles. The van der Waals surface area contributed by atoms with Crippen LogP contribution in [-0.4, -0.2) is 27.2 Å². The van der Waals surface area contributed by atoms with Crippen LogP contribution in [0.25, 0.3) is 0 Å². The lowest BCUT2D eigenvalue weighted by atomic mass is 10.2. The van der Waals surface area contributed by atoms with E-state index in [-0.39, 0.29) is 6.03 Å². The molecule has 116 valence electrons. The van der Waals surface area contributed by atoms with E-state index < -0.39 is 0 Å². The number of nitrogens with zero attached hydrogens (tertiary/aromatic N) is 1. The maximum atomic E-state index is 12.0. The quantitative estimate of drug-likeness (QED) is 0.892. The Bertz CT molecular complexity index is 624. The molecule has 0 bridgehead atoms. The van der Waals surface area contributed by atoms with Crippen LogP contribution in [0.15, 0.2) is 48.5 Å². The largest absolute Gasteiger partial charge is 0.497 e. The van der Waals surface area contributed by atoms with Gasteiger partial charge < -0.3 is 20.3 Å². The van der Waals surface area contributed by atoms with Crippen LogP contribution in [0.2, 0.25) is 0 Å². The third kappa shape index (κ3) is 4.15. The van der Waals surface area contributed by atoms with E-state index in [2.05, 4.69) is 10.6 Å². The van der Waals surface area contributed by atoms with E-state index in [1.165, 1.54) is 0 Å². The molecule has 22 heavy (non-hydrogen) atoms. The molecule has 0 aromatic heterocycles. The van der Waals surface area contributed by atoms with Crippen molar-refractivity contribution in [3.63, 3.8) is 0 Å². The lowest BCUT2D eigenvalue weighted by molar-refractivity contribution is 0.251. The van der Waals surface area contributed by atoms with Crippen molar-refractivity contribution in [3.8, 4) is 5.75 Å². The van der Waals surface area contributed by atoms with E-state index in [1.807, 2.05) is 67.5 Å². The zero-order chi connectivity index (χ0) is 15.9. The van der Waals surface area contributed by atoms with E-state index in [0.29, 0.717) is 6.54 Å². The van der Waals surface area contributed by atoms with Gasteiger partial charge in [-0.05, 0) is 29.8 Å². The Hall–Kier alpha value is -2.69. The number of hydrogen-bond acceptors (Lipinski definition) is 3. The molecule has 2 aromatic carbocycles. The van der Waals surface area contributed by atoms with Gasteiger partial charge in [-0.25, -0.2) is 4.79 Å². The van der Waals surface area contributed by atoms with Gasteiger partial charge in [0.1, 0.15) is 5.75 Å². The van der Waals surface area contributed by atoms with Gasteiger partial charge in [0, 0.05) is 20.6 Å². The number of carbonyl (C=O) groups is 1. The molecule has 2 rings (SSSR count). The predicted octanol–water partition coefficient (Wildman–Crippen LogP) is 3.08. The van der Waals surface area contributed by atoms with Crippen LogP contribution >= 0.6 is 0 Å². The van der Waals surface area contributed by atoms with Crippen molar-refractivity contribution in [1.82, 2.24) is 5.32 Å². The molecule has 0 aliphatic heterocycles. The Morgan fingerprint density at radius 1 is 1.09 bits per heavy atom. The van der Waals surface area contributed by atoms with Crippen molar-refractivity contribution in [2.45, 2.75) is 6.54 Å². The predicted molar refractivity (Wildman–Crippen MR) is 89.6 cm³/mol. The maximum absolute atomic E-state index is 12.0. The van der Waals surface area contributed by atoms with E-state index in [1.54, 1.807) is 7.11 Å². The summed E-state index contributed by atoms with van der Waals surface area (Å²) in [6.45, 7) is 0.458. The Balaban J connectivity index is 1.93. The summed E-state index contributed by atoms with van der Waals surface area (Å²) in [5.41, 5.74) is 2.75. The fraction of sp³-hybridized carbons (Fsp3) is 0.235. The van der Waals surface area contributed by atoms with Crippen molar-refractivity contribution in [1.29, 1.82) is 0 Å². The second-order valence-electron chi connectivity index (χ2n) is 5.07. The van der Waals surface area contributed by atoms with Crippen molar-refractivity contribution in [2.75, 3.05) is 31.4 Å².